The van der Waals surface area contributed by atoms with Crippen LogP contribution in [0.3, 0.4) is 0 Å². The van der Waals surface area contributed by atoms with Crippen molar-refractivity contribution < 1.29 is 14.1 Å². The van der Waals surface area contributed by atoms with Crippen LogP contribution in [0, 0.1) is 15.9 Å². The van der Waals surface area contributed by atoms with Gasteiger partial charge in [0.25, 0.3) is 0 Å². The number of hydrogen-bond acceptors (Lipinski definition) is 6. The molecule has 0 amide bonds. The predicted octanol–water partition coefficient (Wildman–Crippen LogP) is 2.84. The maximum Gasteiger partial charge on any atom is 0.328 e. The topological polar surface area (TPSA) is 68.5 Å². The van der Waals surface area contributed by atoms with E-state index in [0.29, 0.717) is 6.54 Å². The Kier molecular flexibility index (Phi) is 4.14. The summed E-state index contributed by atoms with van der Waals surface area (Å²) in [6, 6.07) is 2.44. The molecule has 0 aliphatic heterocycles. The maximum atomic E-state index is 13.8. The number of halogens is 1. The van der Waals surface area contributed by atoms with Crippen LogP contribution in [0.15, 0.2) is 23.7 Å². The molecule has 0 fully saturated rings. The zero-order valence-corrected chi connectivity index (χ0v) is 11.7. The lowest BCUT2D eigenvalue weighted by Gasteiger charge is -2.18. The van der Waals surface area contributed by atoms with Gasteiger partial charge in [-0.3, -0.25) is 10.1 Å². The quantitative estimate of drug-likeness (QED) is 0.627. The lowest BCUT2D eigenvalue weighted by Crippen LogP contribution is -2.18. The zero-order valence-electron chi connectivity index (χ0n) is 10.9. The monoisotopic (exact) mass is 297 g/mol. The molecule has 1 aromatic carbocycles. The summed E-state index contributed by atoms with van der Waals surface area (Å²) in [4.78, 5) is 16.0. The fourth-order valence-corrected chi connectivity index (χ4v) is 2.44. The van der Waals surface area contributed by atoms with Gasteiger partial charge in [0.05, 0.1) is 18.6 Å². The number of nitrogens with zero attached hydrogens (tertiary/aromatic N) is 3. The Morgan fingerprint density at radius 3 is 2.85 bits per heavy atom. The van der Waals surface area contributed by atoms with Gasteiger partial charge in [-0.2, -0.15) is 4.39 Å². The van der Waals surface area contributed by atoms with Gasteiger partial charge in [0.1, 0.15) is 16.4 Å². The smallest absolute Gasteiger partial charge is 0.328 e. The molecule has 1 aromatic heterocycles. The van der Waals surface area contributed by atoms with Gasteiger partial charge >= 0.3 is 5.69 Å². The molecule has 106 valence electrons. The van der Waals surface area contributed by atoms with Crippen LogP contribution in [-0.2, 0) is 6.54 Å². The Morgan fingerprint density at radius 1 is 1.55 bits per heavy atom. The number of nitro benzene ring substituents is 1. The Hall–Kier alpha value is -2.22. The van der Waals surface area contributed by atoms with Crippen molar-refractivity contribution >= 4 is 22.7 Å². The highest BCUT2D eigenvalue weighted by molar-refractivity contribution is 7.09. The van der Waals surface area contributed by atoms with Crippen molar-refractivity contribution in [3.8, 4) is 5.75 Å². The molecule has 0 atom stereocenters. The van der Waals surface area contributed by atoms with Gasteiger partial charge in [0, 0.05) is 30.8 Å². The van der Waals surface area contributed by atoms with E-state index in [2.05, 4.69) is 4.98 Å². The minimum absolute atomic E-state index is 0.155. The van der Waals surface area contributed by atoms with Crippen molar-refractivity contribution in [2.24, 2.45) is 0 Å². The second-order valence-corrected chi connectivity index (χ2v) is 5.00. The molecule has 0 unspecified atom stereocenters. The molecule has 6 nitrogen and oxygen atoms in total. The number of aromatic nitrogens is 1. The highest BCUT2D eigenvalue weighted by Gasteiger charge is 2.25. The zero-order chi connectivity index (χ0) is 14.7. The van der Waals surface area contributed by atoms with Gasteiger partial charge in [0.2, 0.25) is 5.82 Å². The summed E-state index contributed by atoms with van der Waals surface area (Å²) < 4.78 is 18.8. The summed E-state index contributed by atoms with van der Waals surface area (Å²) >= 11 is 1.43. The highest BCUT2D eigenvalue weighted by atomic mass is 32.1. The number of rotatable bonds is 5. The summed E-state index contributed by atoms with van der Waals surface area (Å²) in [6.07, 6.45) is 1.65. The molecule has 0 spiro atoms. The first kappa shape index (κ1) is 14.2. The average Bonchev–Trinajstić information content (AvgIpc) is 2.89. The Bertz CT molecular complexity index is 619. The first-order chi connectivity index (χ1) is 9.52. The van der Waals surface area contributed by atoms with Gasteiger partial charge in [-0.15, -0.1) is 11.3 Å². The number of nitro groups is 1. The van der Waals surface area contributed by atoms with Crippen LogP contribution in [-0.4, -0.2) is 24.1 Å². The minimum atomic E-state index is -0.921. The van der Waals surface area contributed by atoms with E-state index in [9.17, 15) is 14.5 Å². The molecule has 20 heavy (non-hydrogen) atoms. The van der Waals surface area contributed by atoms with E-state index >= 15 is 0 Å². The van der Waals surface area contributed by atoms with Crippen LogP contribution in [0.5, 0.6) is 5.75 Å². The van der Waals surface area contributed by atoms with E-state index in [1.165, 1.54) is 24.5 Å². The Labute approximate surface area is 118 Å². The van der Waals surface area contributed by atoms with E-state index in [1.807, 2.05) is 5.38 Å². The molecular formula is C12H12FN3O3S. The van der Waals surface area contributed by atoms with E-state index in [-0.39, 0.29) is 11.4 Å². The lowest BCUT2D eigenvalue weighted by atomic mass is 10.2. The fraction of sp³-hybridized carbons (Fsp3) is 0.250. The summed E-state index contributed by atoms with van der Waals surface area (Å²) in [5.74, 6) is -0.690. The molecule has 0 saturated carbocycles. The van der Waals surface area contributed by atoms with E-state index in [1.54, 1.807) is 18.1 Å². The molecule has 8 heteroatoms. The van der Waals surface area contributed by atoms with Crippen LogP contribution in [0.2, 0.25) is 0 Å². The first-order valence-electron chi connectivity index (χ1n) is 5.64. The van der Waals surface area contributed by atoms with Crippen molar-refractivity contribution in [1.29, 1.82) is 0 Å². The lowest BCUT2D eigenvalue weighted by molar-refractivity contribution is -0.386. The molecule has 0 N–H and O–H groups in total. The van der Waals surface area contributed by atoms with Crippen molar-refractivity contribution in [3.05, 3.63) is 44.6 Å². The average molecular weight is 297 g/mol. The fourth-order valence-electron chi connectivity index (χ4n) is 1.77. The predicted molar refractivity (Wildman–Crippen MR) is 73.8 cm³/mol. The summed E-state index contributed by atoms with van der Waals surface area (Å²) in [5.41, 5.74) is -0.410. The molecule has 0 bridgehead atoms. The van der Waals surface area contributed by atoms with Gasteiger partial charge in [-0.25, -0.2) is 4.98 Å². The third-order valence-corrected chi connectivity index (χ3v) is 3.47. The van der Waals surface area contributed by atoms with Crippen LogP contribution in [0.1, 0.15) is 5.01 Å². The number of ether oxygens (including phenoxy) is 1. The van der Waals surface area contributed by atoms with Crippen molar-refractivity contribution in [1.82, 2.24) is 4.98 Å². The summed E-state index contributed by atoms with van der Waals surface area (Å²) in [7, 11) is 3.02. The largest absolute Gasteiger partial charge is 0.497 e. The first-order valence-corrected chi connectivity index (χ1v) is 6.52. The molecule has 0 radical (unpaired) electrons. The van der Waals surface area contributed by atoms with Gasteiger partial charge in [-0.1, -0.05) is 0 Å². The second kappa shape index (κ2) is 5.83. The van der Waals surface area contributed by atoms with Crippen LogP contribution in [0.4, 0.5) is 15.8 Å². The van der Waals surface area contributed by atoms with E-state index in [0.717, 1.165) is 11.1 Å². The molecule has 0 saturated heterocycles. The van der Waals surface area contributed by atoms with E-state index < -0.39 is 16.4 Å². The van der Waals surface area contributed by atoms with Crippen LogP contribution >= 0.6 is 11.3 Å². The van der Waals surface area contributed by atoms with Crippen molar-refractivity contribution in [2.45, 2.75) is 6.54 Å². The molecule has 0 aliphatic rings. The Balaban J connectivity index is 2.42. The Morgan fingerprint density at radius 2 is 2.30 bits per heavy atom. The molecule has 2 aromatic rings. The maximum absolute atomic E-state index is 13.8. The second-order valence-electron chi connectivity index (χ2n) is 4.02. The summed E-state index contributed by atoms with van der Waals surface area (Å²) in [5, 5.41) is 13.6. The van der Waals surface area contributed by atoms with Gasteiger partial charge in [0.15, 0.2) is 0 Å². The van der Waals surface area contributed by atoms with Gasteiger partial charge < -0.3 is 9.64 Å². The SMILES string of the molecule is COc1cc(F)c([N+](=O)[O-])c(N(C)Cc2nccs2)c1. The molecule has 1 heterocycles. The van der Waals surface area contributed by atoms with Crippen molar-refractivity contribution in [3.63, 3.8) is 0 Å². The number of thiazole rings is 1. The molecule has 0 aliphatic carbocycles. The van der Waals surface area contributed by atoms with Crippen molar-refractivity contribution in [2.75, 3.05) is 19.1 Å². The highest BCUT2D eigenvalue weighted by Crippen LogP contribution is 2.35. The number of anilines is 1. The van der Waals surface area contributed by atoms with Crippen LogP contribution < -0.4 is 9.64 Å². The van der Waals surface area contributed by atoms with E-state index in [4.69, 9.17) is 4.74 Å². The third kappa shape index (κ3) is 2.85. The number of benzene rings is 1. The number of methoxy groups -OCH3 is 1. The molecular weight excluding hydrogens is 285 g/mol. The van der Waals surface area contributed by atoms with Gasteiger partial charge in [-0.05, 0) is 0 Å². The standard InChI is InChI=1S/C12H12FN3O3S/c1-15(7-11-14-3-4-20-11)10-6-8(19-2)5-9(13)12(10)16(17)18/h3-6H,7H2,1-2H3. The minimum Gasteiger partial charge on any atom is -0.497 e. The summed E-state index contributed by atoms with van der Waals surface area (Å²) in [6.45, 7) is 0.352. The normalized spacial score (nSPS) is 10.3. The third-order valence-electron chi connectivity index (χ3n) is 2.70. The van der Waals surface area contributed by atoms with Crippen LogP contribution in [0.25, 0.3) is 0 Å². The number of hydrogen-bond donors (Lipinski definition) is 0. The molecule has 2 rings (SSSR count).